The van der Waals surface area contributed by atoms with Crippen molar-refractivity contribution in [1.82, 2.24) is 4.90 Å². The zero-order valence-corrected chi connectivity index (χ0v) is 19.5. The molecule has 0 radical (unpaired) electrons. The molecular formula is C24H29N3O3S. The first-order valence-electron chi connectivity index (χ1n) is 10.3. The van der Waals surface area contributed by atoms with E-state index >= 15 is 0 Å². The largest absolute Gasteiger partial charge is 0.383 e. The molecule has 2 aromatic rings. The third-order valence-corrected chi connectivity index (χ3v) is 6.41. The molecular weight excluding hydrogens is 410 g/mol. The summed E-state index contributed by atoms with van der Waals surface area (Å²) >= 11 is 1.34. The van der Waals surface area contributed by atoms with Gasteiger partial charge < -0.3 is 10.1 Å². The van der Waals surface area contributed by atoms with Crippen molar-refractivity contribution in [3.05, 3.63) is 58.7 Å². The van der Waals surface area contributed by atoms with E-state index in [2.05, 4.69) is 5.32 Å². The van der Waals surface area contributed by atoms with Crippen molar-refractivity contribution in [3.8, 4) is 0 Å². The number of anilines is 1. The highest BCUT2D eigenvalue weighted by atomic mass is 32.2. The van der Waals surface area contributed by atoms with Gasteiger partial charge in [0.05, 0.1) is 18.8 Å². The molecule has 0 aromatic heterocycles. The Labute approximate surface area is 188 Å². The molecule has 1 saturated heterocycles. The Morgan fingerprint density at radius 2 is 1.84 bits per heavy atom. The highest BCUT2D eigenvalue weighted by Crippen LogP contribution is 2.33. The van der Waals surface area contributed by atoms with E-state index in [0.29, 0.717) is 18.3 Å². The van der Waals surface area contributed by atoms with Gasteiger partial charge in [-0.05, 0) is 56.0 Å². The van der Waals surface area contributed by atoms with Gasteiger partial charge in [0.1, 0.15) is 5.25 Å². The van der Waals surface area contributed by atoms with E-state index < -0.39 is 5.25 Å². The summed E-state index contributed by atoms with van der Waals surface area (Å²) in [5, 5.41) is 3.08. The molecule has 6 nitrogen and oxygen atoms in total. The Balaban J connectivity index is 1.80. The average molecular weight is 440 g/mol. The number of carbonyl (C=O) groups excluding carboxylic acids is 2. The normalized spacial score (nSPS) is 17.5. The van der Waals surface area contributed by atoms with Gasteiger partial charge in [0.2, 0.25) is 11.8 Å². The van der Waals surface area contributed by atoms with Crippen LogP contribution in [0.15, 0.2) is 41.4 Å². The second kappa shape index (κ2) is 10.1. The third kappa shape index (κ3) is 5.54. The highest BCUT2D eigenvalue weighted by Gasteiger charge is 2.39. The van der Waals surface area contributed by atoms with E-state index in [1.807, 2.05) is 64.1 Å². The molecule has 2 amide bonds. The van der Waals surface area contributed by atoms with Crippen LogP contribution >= 0.6 is 11.8 Å². The highest BCUT2D eigenvalue weighted by molar-refractivity contribution is 8.15. The smallest absolute Gasteiger partial charge is 0.242 e. The van der Waals surface area contributed by atoms with Crippen LogP contribution in [0, 0.1) is 27.7 Å². The number of hydrogen-bond donors (Lipinski definition) is 1. The number of aryl methyl sites for hydroxylation is 4. The fourth-order valence-electron chi connectivity index (χ4n) is 3.43. The molecule has 1 heterocycles. The number of thioether (sulfide) groups is 1. The maximum absolute atomic E-state index is 13.1. The summed E-state index contributed by atoms with van der Waals surface area (Å²) < 4.78 is 5.18. The van der Waals surface area contributed by atoms with E-state index in [-0.39, 0.29) is 18.2 Å². The van der Waals surface area contributed by atoms with Crippen LogP contribution in [-0.4, -0.2) is 47.4 Å². The summed E-state index contributed by atoms with van der Waals surface area (Å²) in [5.41, 5.74) is 5.78. The summed E-state index contributed by atoms with van der Waals surface area (Å²) in [7, 11) is 1.60. The number of carbonyl (C=O) groups is 2. The first kappa shape index (κ1) is 23.0. The van der Waals surface area contributed by atoms with E-state index in [1.165, 1.54) is 11.8 Å². The van der Waals surface area contributed by atoms with Gasteiger partial charge in [0.25, 0.3) is 0 Å². The molecule has 1 unspecified atom stereocenters. The van der Waals surface area contributed by atoms with Crippen LogP contribution < -0.4 is 5.32 Å². The van der Waals surface area contributed by atoms with Crippen molar-refractivity contribution in [3.63, 3.8) is 0 Å². The van der Waals surface area contributed by atoms with Crippen molar-refractivity contribution in [2.75, 3.05) is 25.6 Å². The number of ether oxygens (including phenoxy) is 1. The second-order valence-corrected chi connectivity index (χ2v) is 8.96. The number of nitrogens with zero attached hydrogens (tertiary/aromatic N) is 2. The van der Waals surface area contributed by atoms with Crippen LogP contribution in [0.5, 0.6) is 0 Å². The van der Waals surface area contributed by atoms with E-state index in [0.717, 1.165) is 33.6 Å². The molecule has 0 aliphatic carbocycles. The Morgan fingerprint density at radius 3 is 2.52 bits per heavy atom. The average Bonchev–Trinajstić information content (AvgIpc) is 3.00. The monoisotopic (exact) mass is 439 g/mol. The van der Waals surface area contributed by atoms with Gasteiger partial charge in [-0.3, -0.25) is 14.5 Å². The van der Waals surface area contributed by atoms with Crippen LogP contribution in [0.1, 0.15) is 28.7 Å². The van der Waals surface area contributed by atoms with Crippen molar-refractivity contribution in [1.29, 1.82) is 0 Å². The molecule has 7 heteroatoms. The van der Waals surface area contributed by atoms with Crippen LogP contribution in [0.2, 0.25) is 0 Å². The predicted molar refractivity (Wildman–Crippen MR) is 127 cm³/mol. The lowest BCUT2D eigenvalue weighted by atomic mass is 10.1. The summed E-state index contributed by atoms with van der Waals surface area (Å²) in [6.07, 6.45) is 0.0899. The lowest BCUT2D eigenvalue weighted by Crippen LogP contribution is -2.35. The third-order valence-electron chi connectivity index (χ3n) is 5.24. The molecule has 164 valence electrons. The maximum Gasteiger partial charge on any atom is 0.242 e. The minimum absolute atomic E-state index is 0.0899. The molecule has 2 aromatic carbocycles. The van der Waals surface area contributed by atoms with Crippen molar-refractivity contribution >= 4 is 40.1 Å². The number of amidine groups is 1. The number of methoxy groups -OCH3 is 1. The topological polar surface area (TPSA) is 71.0 Å². The summed E-state index contributed by atoms with van der Waals surface area (Å²) in [6.45, 7) is 8.73. The lowest BCUT2D eigenvalue weighted by molar-refractivity contribution is -0.128. The standard InChI is InChI=1S/C24H29N3O3S/c1-15-9-10-16(2)19(13-15)25-24-27(11-12-30-5)23(29)20(31-24)14-21(28)26-22-17(3)7-6-8-18(22)4/h6-10,13,20H,11-12,14H2,1-5H3,(H,26,28). The van der Waals surface area contributed by atoms with Crippen molar-refractivity contribution in [2.45, 2.75) is 39.4 Å². The summed E-state index contributed by atoms with van der Waals surface area (Å²) in [5.74, 6) is -0.286. The summed E-state index contributed by atoms with van der Waals surface area (Å²) in [4.78, 5) is 32.2. The molecule has 31 heavy (non-hydrogen) atoms. The zero-order chi connectivity index (χ0) is 22.5. The molecule has 1 fully saturated rings. The van der Waals surface area contributed by atoms with Crippen molar-refractivity contribution in [2.24, 2.45) is 4.99 Å². The van der Waals surface area contributed by atoms with E-state index in [1.54, 1.807) is 12.0 Å². The molecule has 1 N–H and O–H groups in total. The SMILES string of the molecule is COCCN1C(=O)C(CC(=O)Nc2c(C)cccc2C)SC1=Nc1cc(C)ccc1C. The van der Waals surface area contributed by atoms with Gasteiger partial charge in [-0.15, -0.1) is 0 Å². The number of hydrogen-bond acceptors (Lipinski definition) is 5. The van der Waals surface area contributed by atoms with Crippen LogP contribution in [0.3, 0.4) is 0 Å². The quantitative estimate of drug-likeness (QED) is 0.688. The Morgan fingerprint density at radius 1 is 1.13 bits per heavy atom. The maximum atomic E-state index is 13.1. The van der Waals surface area contributed by atoms with Gasteiger partial charge in [-0.25, -0.2) is 4.99 Å². The number of rotatable bonds is 7. The van der Waals surface area contributed by atoms with Gasteiger partial charge >= 0.3 is 0 Å². The van der Waals surface area contributed by atoms with Gasteiger partial charge in [-0.2, -0.15) is 0 Å². The number of amides is 2. The van der Waals surface area contributed by atoms with Gasteiger partial charge in [-0.1, -0.05) is 42.1 Å². The minimum atomic E-state index is -0.509. The minimum Gasteiger partial charge on any atom is -0.383 e. The molecule has 1 aliphatic heterocycles. The predicted octanol–water partition coefficient (Wildman–Crippen LogP) is 4.53. The number of para-hydroxylation sites is 1. The van der Waals surface area contributed by atoms with Gasteiger partial charge in [0.15, 0.2) is 5.17 Å². The van der Waals surface area contributed by atoms with Crippen LogP contribution in [0.25, 0.3) is 0 Å². The fourth-order valence-corrected chi connectivity index (χ4v) is 4.60. The Kier molecular flexibility index (Phi) is 7.51. The second-order valence-electron chi connectivity index (χ2n) is 7.79. The molecule has 1 aliphatic rings. The molecule has 3 rings (SSSR count). The molecule has 0 bridgehead atoms. The van der Waals surface area contributed by atoms with E-state index in [4.69, 9.17) is 9.73 Å². The van der Waals surface area contributed by atoms with Crippen LogP contribution in [0.4, 0.5) is 11.4 Å². The number of nitrogens with one attached hydrogen (secondary N) is 1. The number of benzene rings is 2. The molecule has 0 spiro atoms. The summed E-state index contributed by atoms with van der Waals surface area (Å²) in [6, 6.07) is 11.9. The lowest BCUT2D eigenvalue weighted by Gasteiger charge is -2.16. The zero-order valence-electron chi connectivity index (χ0n) is 18.7. The van der Waals surface area contributed by atoms with Crippen molar-refractivity contribution < 1.29 is 14.3 Å². The number of aliphatic imine (C=N–C) groups is 1. The Hall–Kier alpha value is -2.64. The van der Waals surface area contributed by atoms with Crippen LogP contribution in [-0.2, 0) is 14.3 Å². The van der Waals surface area contributed by atoms with E-state index in [9.17, 15) is 9.59 Å². The Bertz CT molecular complexity index is 999. The molecule has 1 atom stereocenters. The van der Waals surface area contributed by atoms with Gasteiger partial charge in [0, 0.05) is 19.2 Å². The molecule has 0 saturated carbocycles. The fraction of sp³-hybridized carbons (Fsp3) is 0.375. The first-order chi connectivity index (χ1) is 14.8. The first-order valence-corrected chi connectivity index (χ1v) is 11.2.